The first kappa shape index (κ1) is 21.5. The highest BCUT2D eigenvalue weighted by atomic mass is 32.2. The van der Waals surface area contributed by atoms with Crippen LogP contribution in [-0.4, -0.2) is 21.5 Å². The van der Waals surface area contributed by atoms with Crippen LogP contribution in [0, 0.1) is 6.92 Å². The number of ether oxygens (including phenoxy) is 1. The molecule has 0 radical (unpaired) electrons. The van der Waals surface area contributed by atoms with Gasteiger partial charge in [-0.2, -0.15) is 8.42 Å². The van der Waals surface area contributed by atoms with Gasteiger partial charge < -0.3 is 8.92 Å². The maximum absolute atomic E-state index is 12.4. The summed E-state index contributed by atoms with van der Waals surface area (Å²) in [6.07, 6.45) is 0. The van der Waals surface area contributed by atoms with Crippen LogP contribution in [0.1, 0.15) is 22.7 Å². The van der Waals surface area contributed by atoms with Crippen LogP contribution >= 0.6 is 0 Å². The predicted octanol–water partition coefficient (Wildman–Crippen LogP) is 3.77. The third kappa shape index (κ3) is 5.46. The van der Waals surface area contributed by atoms with E-state index in [0.717, 1.165) is 11.1 Å². The van der Waals surface area contributed by atoms with Crippen molar-refractivity contribution < 1.29 is 22.1 Å². The van der Waals surface area contributed by atoms with Crippen molar-refractivity contribution in [2.24, 2.45) is 0 Å². The quantitative estimate of drug-likeness (QED) is 0.437. The number of carbonyl (C=O) groups is 1. The van der Waals surface area contributed by atoms with E-state index in [0.29, 0.717) is 12.1 Å². The summed E-state index contributed by atoms with van der Waals surface area (Å²) in [5, 5.41) is 3.17. The van der Waals surface area contributed by atoms with Crippen LogP contribution < -0.4 is 9.50 Å². The van der Waals surface area contributed by atoms with Gasteiger partial charge in [-0.25, -0.2) is 4.79 Å². The lowest BCUT2D eigenvalue weighted by molar-refractivity contribution is -0.143. The van der Waals surface area contributed by atoms with Gasteiger partial charge in [0.25, 0.3) is 0 Å². The van der Waals surface area contributed by atoms with E-state index in [2.05, 4.69) is 5.32 Å². The minimum Gasteiger partial charge on any atom is -0.468 e. The lowest BCUT2D eigenvalue weighted by atomic mass is 10.1. The number of methoxy groups -OCH3 is 1. The Morgan fingerprint density at radius 1 is 0.933 bits per heavy atom. The van der Waals surface area contributed by atoms with Gasteiger partial charge in [0.15, 0.2) is 0 Å². The Kier molecular flexibility index (Phi) is 6.87. The van der Waals surface area contributed by atoms with Crippen molar-refractivity contribution in [2.75, 3.05) is 7.11 Å². The zero-order valence-corrected chi connectivity index (χ0v) is 17.6. The van der Waals surface area contributed by atoms with E-state index in [9.17, 15) is 13.2 Å². The SMILES string of the molecule is COC(=O)C(NCc1ccccc1)c1ccc(OS(=O)(=O)c2ccc(C)cc2)cc1. The second-order valence-electron chi connectivity index (χ2n) is 6.74. The van der Waals surface area contributed by atoms with Crippen LogP contribution in [0.15, 0.2) is 83.8 Å². The van der Waals surface area contributed by atoms with Crippen LogP contribution in [0.5, 0.6) is 5.75 Å². The average molecular weight is 426 g/mol. The minimum absolute atomic E-state index is 0.0779. The molecular formula is C23H23NO5S. The summed E-state index contributed by atoms with van der Waals surface area (Å²) < 4.78 is 35.0. The molecule has 30 heavy (non-hydrogen) atoms. The summed E-state index contributed by atoms with van der Waals surface area (Å²) in [6.45, 7) is 2.35. The van der Waals surface area contributed by atoms with E-state index < -0.39 is 22.1 Å². The van der Waals surface area contributed by atoms with E-state index in [1.165, 1.54) is 31.4 Å². The molecule has 0 saturated heterocycles. The van der Waals surface area contributed by atoms with Crippen molar-refractivity contribution >= 4 is 16.1 Å². The third-order valence-corrected chi connectivity index (χ3v) is 5.78. The largest absolute Gasteiger partial charge is 0.468 e. The first-order chi connectivity index (χ1) is 14.4. The Morgan fingerprint density at radius 2 is 1.57 bits per heavy atom. The van der Waals surface area contributed by atoms with Crippen LogP contribution in [-0.2, 0) is 26.2 Å². The summed E-state index contributed by atoms with van der Waals surface area (Å²) in [4.78, 5) is 12.3. The summed E-state index contributed by atoms with van der Waals surface area (Å²) in [5.41, 5.74) is 2.61. The van der Waals surface area contributed by atoms with Crippen molar-refractivity contribution in [2.45, 2.75) is 24.4 Å². The number of hydrogen-bond acceptors (Lipinski definition) is 6. The fraction of sp³-hybridized carbons (Fsp3) is 0.174. The van der Waals surface area contributed by atoms with Crippen molar-refractivity contribution in [3.8, 4) is 5.75 Å². The molecule has 0 fully saturated rings. The number of carbonyl (C=O) groups excluding carboxylic acids is 1. The van der Waals surface area contributed by atoms with Gasteiger partial charge in [-0.05, 0) is 42.3 Å². The number of benzene rings is 3. The van der Waals surface area contributed by atoms with Crippen molar-refractivity contribution in [1.82, 2.24) is 5.32 Å². The van der Waals surface area contributed by atoms with Gasteiger partial charge in [0.2, 0.25) is 0 Å². The summed E-state index contributed by atoms with van der Waals surface area (Å²) >= 11 is 0. The molecule has 156 valence electrons. The number of rotatable bonds is 8. The molecule has 1 unspecified atom stereocenters. The third-order valence-electron chi connectivity index (χ3n) is 4.52. The maximum Gasteiger partial charge on any atom is 0.339 e. The molecule has 0 saturated carbocycles. The maximum atomic E-state index is 12.4. The molecule has 0 aliphatic rings. The van der Waals surface area contributed by atoms with Crippen LogP contribution in [0.3, 0.4) is 0 Å². The first-order valence-corrected chi connectivity index (χ1v) is 10.8. The number of hydrogen-bond donors (Lipinski definition) is 1. The molecular weight excluding hydrogens is 402 g/mol. The Labute approximate surface area is 176 Å². The molecule has 0 heterocycles. The Balaban J connectivity index is 1.74. The van der Waals surface area contributed by atoms with E-state index in [1.54, 1.807) is 24.3 Å². The number of esters is 1. The first-order valence-electron chi connectivity index (χ1n) is 9.35. The summed E-state index contributed by atoms with van der Waals surface area (Å²) in [6, 6.07) is 21.7. The molecule has 1 N–H and O–H groups in total. The van der Waals surface area contributed by atoms with Gasteiger partial charge in [-0.3, -0.25) is 5.32 Å². The van der Waals surface area contributed by atoms with Crippen LogP contribution in [0.2, 0.25) is 0 Å². The highest BCUT2D eigenvalue weighted by Crippen LogP contribution is 2.23. The fourth-order valence-electron chi connectivity index (χ4n) is 2.87. The van der Waals surface area contributed by atoms with Crippen LogP contribution in [0.25, 0.3) is 0 Å². The van der Waals surface area contributed by atoms with Gasteiger partial charge in [-0.15, -0.1) is 0 Å². The Hall–Kier alpha value is -3.16. The van der Waals surface area contributed by atoms with Gasteiger partial charge in [0.05, 0.1) is 7.11 Å². The standard InChI is InChI=1S/C23H23NO5S/c1-17-8-14-21(15-9-17)30(26,27)29-20-12-10-19(11-13-20)22(23(25)28-2)24-16-18-6-4-3-5-7-18/h3-15,22,24H,16H2,1-2H3. The zero-order valence-electron chi connectivity index (χ0n) is 16.7. The monoisotopic (exact) mass is 425 g/mol. The molecule has 6 nitrogen and oxygen atoms in total. The second kappa shape index (κ2) is 9.56. The predicted molar refractivity (Wildman–Crippen MR) is 113 cm³/mol. The van der Waals surface area contributed by atoms with E-state index in [-0.39, 0.29) is 10.6 Å². The molecule has 0 bridgehead atoms. The van der Waals surface area contributed by atoms with E-state index in [4.69, 9.17) is 8.92 Å². The molecule has 0 amide bonds. The molecule has 0 aliphatic carbocycles. The molecule has 3 rings (SSSR count). The van der Waals surface area contributed by atoms with E-state index in [1.807, 2.05) is 37.3 Å². The summed E-state index contributed by atoms with van der Waals surface area (Å²) in [5.74, 6) is -0.280. The molecule has 7 heteroatoms. The average Bonchev–Trinajstić information content (AvgIpc) is 2.75. The lowest BCUT2D eigenvalue weighted by Crippen LogP contribution is -2.29. The Bertz CT molecular complexity index is 1080. The number of aryl methyl sites for hydroxylation is 1. The van der Waals surface area contributed by atoms with Crippen molar-refractivity contribution in [3.05, 3.63) is 95.6 Å². The number of nitrogens with one attached hydrogen (secondary N) is 1. The highest BCUT2D eigenvalue weighted by Gasteiger charge is 2.22. The van der Waals surface area contributed by atoms with Gasteiger partial charge in [0.1, 0.15) is 16.7 Å². The smallest absolute Gasteiger partial charge is 0.339 e. The second-order valence-corrected chi connectivity index (χ2v) is 8.29. The highest BCUT2D eigenvalue weighted by molar-refractivity contribution is 7.87. The Morgan fingerprint density at radius 3 is 2.17 bits per heavy atom. The van der Waals surface area contributed by atoms with Crippen molar-refractivity contribution in [3.63, 3.8) is 0 Å². The van der Waals surface area contributed by atoms with Gasteiger partial charge >= 0.3 is 16.1 Å². The molecule has 0 aromatic heterocycles. The fourth-order valence-corrected chi connectivity index (χ4v) is 3.80. The van der Waals surface area contributed by atoms with Crippen LogP contribution in [0.4, 0.5) is 0 Å². The molecule has 3 aromatic carbocycles. The zero-order chi connectivity index (χ0) is 21.6. The minimum atomic E-state index is -3.94. The molecule has 0 aliphatic heterocycles. The lowest BCUT2D eigenvalue weighted by Gasteiger charge is -2.17. The molecule has 1 atom stereocenters. The van der Waals surface area contributed by atoms with Crippen molar-refractivity contribution in [1.29, 1.82) is 0 Å². The topological polar surface area (TPSA) is 81.7 Å². The van der Waals surface area contributed by atoms with E-state index >= 15 is 0 Å². The molecule has 0 spiro atoms. The molecule has 3 aromatic rings. The summed E-state index contributed by atoms with van der Waals surface area (Å²) in [7, 11) is -2.61. The van der Waals surface area contributed by atoms with Gasteiger partial charge in [-0.1, -0.05) is 60.2 Å². The normalized spacial score (nSPS) is 12.2. The van der Waals surface area contributed by atoms with Gasteiger partial charge in [0, 0.05) is 6.54 Å².